The van der Waals surface area contributed by atoms with Crippen LogP contribution in [0.25, 0.3) is 0 Å². The number of hydrogen-bond acceptors (Lipinski definition) is 2. The highest BCUT2D eigenvalue weighted by Crippen LogP contribution is 2.20. The molecule has 0 spiro atoms. The topological polar surface area (TPSA) is 52.0 Å². The van der Waals surface area contributed by atoms with Crippen LogP contribution in [0.4, 0.5) is 0 Å². The summed E-state index contributed by atoms with van der Waals surface area (Å²) in [6.45, 7) is 2.75. The molecule has 1 rings (SSSR count). The van der Waals surface area contributed by atoms with Gasteiger partial charge in [0.25, 0.3) is 0 Å². The zero-order valence-corrected chi connectivity index (χ0v) is 6.30. The van der Waals surface area contributed by atoms with Gasteiger partial charge < -0.3 is 11.5 Å². The third-order valence-corrected chi connectivity index (χ3v) is 1.97. The van der Waals surface area contributed by atoms with Crippen molar-refractivity contribution in [3.05, 3.63) is 23.4 Å². The van der Waals surface area contributed by atoms with Gasteiger partial charge in [0.05, 0.1) is 0 Å². The summed E-state index contributed by atoms with van der Waals surface area (Å²) in [6.07, 6.45) is 5.12. The maximum atomic E-state index is 5.69. The first kappa shape index (κ1) is 7.35. The van der Waals surface area contributed by atoms with Crippen LogP contribution in [0.2, 0.25) is 0 Å². The quantitative estimate of drug-likeness (QED) is 0.562. The Balaban J connectivity index is 2.83. The normalized spacial score (nSPS) is 25.6. The zero-order valence-electron chi connectivity index (χ0n) is 6.30. The Morgan fingerprint density at radius 2 is 2.40 bits per heavy atom. The first-order valence-corrected chi connectivity index (χ1v) is 3.61. The Hall–Kier alpha value is -0.760. The highest BCUT2D eigenvalue weighted by atomic mass is 14.6. The van der Waals surface area contributed by atoms with Gasteiger partial charge in [0.1, 0.15) is 0 Å². The van der Waals surface area contributed by atoms with Gasteiger partial charge in [-0.2, -0.15) is 0 Å². The van der Waals surface area contributed by atoms with Crippen LogP contribution >= 0.6 is 0 Å². The molecule has 0 radical (unpaired) electrons. The second kappa shape index (κ2) is 2.88. The molecule has 1 aliphatic rings. The highest BCUT2D eigenvalue weighted by molar-refractivity contribution is 5.29. The van der Waals surface area contributed by atoms with Gasteiger partial charge in [0, 0.05) is 12.2 Å². The summed E-state index contributed by atoms with van der Waals surface area (Å²) in [5.41, 5.74) is 13.3. The van der Waals surface area contributed by atoms with E-state index < -0.39 is 0 Å². The van der Waals surface area contributed by atoms with Crippen molar-refractivity contribution in [2.45, 2.75) is 13.3 Å². The molecule has 56 valence electrons. The average Bonchev–Trinajstić information content (AvgIpc) is 1.88. The summed E-state index contributed by atoms with van der Waals surface area (Å²) >= 11 is 0. The van der Waals surface area contributed by atoms with Gasteiger partial charge in [-0.3, -0.25) is 0 Å². The van der Waals surface area contributed by atoms with Crippen molar-refractivity contribution in [3.63, 3.8) is 0 Å². The molecule has 0 aromatic heterocycles. The largest absolute Gasteiger partial charge is 0.399 e. The van der Waals surface area contributed by atoms with E-state index in [2.05, 4.69) is 13.0 Å². The molecule has 0 aromatic rings. The SMILES string of the molecule is CC1CC=CC(N)=C1CN. The zero-order chi connectivity index (χ0) is 7.56. The number of allylic oxidation sites excluding steroid dienone is 2. The molecule has 0 bridgehead atoms. The Bertz CT molecular complexity index is 180. The van der Waals surface area contributed by atoms with E-state index >= 15 is 0 Å². The summed E-state index contributed by atoms with van der Waals surface area (Å²) in [5.74, 6) is 0.537. The summed E-state index contributed by atoms with van der Waals surface area (Å²) in [4.78, 5) is 0. The second-order valence-corrected chi connectivity index (χ2v) is 2.72. The van der Waals surface area contributed by atoms with Crippen molar-refractivity contribution in [1.29, 1.82) is 0 Å². The molecular formula is C8H14N2. The Kier molecular flexibility index (Phi) is 2.12. The van der Waals surface area contributed by atoms with Crippen LogP contribution in [-0.4, -0.2) is 6.54 Å². The van der Waals surface area contributed by atoms with Crippen molar-refractivity contribution >= 4 is 0 Å². The van der Waals surface area contributed by atoms with Crippen LogP contribution in [-0.2, 0) is 0 Å². The van der Waals surface area contributed by atoms with Crippen LogP contribution in [0.15, 0.2) is 23.4 Å². The van der Waals surface area contributed by atoms with Crippen molar-refractivity contribution in [1.82, 2.24) is 0 Å². The van der Waals surface area contributed by atoms with Gasteiger partial charge in [-0.25, -0.2) is 0 Å². The molecular weight excluding hydrogens is 124 g/mol. The monoisotopic (exact) mass is 138 g/mol. The molecule has 10 heavy (non-hydrogen) atoms. The third-order valence-electron chi connectivity index (χ3n) is 1.97. The molecule has 1 aliphatic carbocycles. The first-order chi connectivity index (χ1) is 4.75. The molecule has 1 unspecified atom stereocenters. The fourth-order valence-electron chi connectivity index (χ4n) is 1.25. The lowest BCUT2D eigenvalue weighted by molar-refractivity contribution is 0.660. The Labute approximate surface area is 61.6 Å². The van der Waals surface area contributed by atoms with Crippen LogP contribution in [0, 0.1) is 5.92 Å². The van der Waals surface area contributed by atoms with Gasteiger partial charge in [0.15, 0.2) is 0 Å². The summed E-state index contributed by atoms with van der Waals surface area (Å²) in [6, 6.07) is 0. The Morgan fingerprint density at radius 1 is 1.70 bits per heavy atom. The van der Waals surface area contributed by atoms with Gasteiger partial charge in [-0.05, 0) is 24.0 Å². The molecule has 4 N–H and O–H groups in total. The van der Waals surface area contributed by atoms with Crippen molar-refractivity contribution in [2.24, 2.45) is 17.4 Å². The standard InChI is InChI=1S/C8H14N2/c1-6-3-2-4-8(10)7(6)5-9/h2,4,6H,3,5,9-10H2,1H3. The van der Waals surface area contributed by atoms with Gasteiger partial charge >= 0.3 is 0 Å². The van der Waals surface area contributed by atoms with Crippen LogP contribution in [0.3, 0.4) is 0 Å². The van der Waals surface area contributed by atoms with Crippen molar-refractivity contribution in [3.8, 4) is 0 Å². The van der Waals surface area contributed by atoms with Crippen LogP contribution < -0.4 is 11.5 Å². The molecule has 0 saturated carbocycles. The van der Waals surface area contributed by atoms with E-state index in [0.29, 0.717) is 12.5 Å². The molecule has 0 aliphatic heterocycles. The smallest absolute Gasteiger partial charge is 0.0318 e. The predicted molar refractivity (Wildman–Crippen MR) is 43.2 cm³/mol. The first-order valence-electron chi connectivity index (χ1n) is 3.61. The van der Waals surface area contributed by atoms with Gasteiger partial charge in [-0.1, -0.05) is 13.0 Å². The lowest BCUT2D eigenvalue weighted by Crippen LogP contribution is -2.18. The maximum absolute atomic E-state index is 5.69. The lowest BCUT2D eigenvalue weighted by Gasteiger charge is -2.18. The van der Waals surface area contributed by atoms with E-state index in [-0.39, 0.29) is 0 Å². The van der Waals surface area contributed by atoms with Crippen molar-refractivity contribution < 1.29 is 0 Å². The van der Waals surface area contributed by atoms with Gasteiger partial charge in [0.2, 0.25) is 0 Å². The van der Waals surface area contributed by atoms with Gasteiger partial charge in [-0.15, -0.1) is 0 Å². The van der Waals surface area contributed by atoms with E-state index in [1.807, 2.05) is 6.08 Å². The van der Waals surface area contributed by atoms with E-state index in [0.717, 1.165) is 12.1 Å². The number of nitrogens with two attached hydrogens (primary N) is 2. The summed E-state index contributed by atoms with van der Waals surface area (Å²) in [5, 5.41) is 0. The fourth-order valence-corrected chi connectivity index (χ4v) is 1.25. The van der Waals surface area contributed by atoms with E-state index in [9.17, 15) is 0 Å². The minimum Gasteiger partial charge on any atom is -0.399 e. The van der Waals surface area contributed by atoms with Crippen molar-refractivity contribution in [2.75, 3.05) is 6.54 Å². The molecule has 2 nitrogen and oxygen atoms in total. The summed E-state index contributed by atoms with van der Waals surface area (Å²) in [7, 11) is 0. The van der Waals surface area contributed by atoms with E-state index in [1.54, 1.807) is 0 Å². The van der Waals surface area contributed by atoms with E-state index in [1.165, 1.54) is 5.57 Å². The molecule has 0 aromatic carbocycles. The molecule has 1 atom stereocenters. The molecule has 0 heterocycles. The molecule has 0 saturated heterocycles. The third kappa shape index (κ3) is 1.21. The molecule has 2 heteroatoms. The molecule has 0 amide bonds. The van der Waals surface area contributed by atoms with Crippen LogP contribution in [0.5, 0.6) is 0 Å². The fraction of sp³-hybridized carbons (Fsp3) is 0.500. The lowest BCUT2D eigenvalue weighted by atomic mass is 9.92. The predicted octanol–water partition coefficient (Wildman–Crippen LogP) is 0.754. The van der Waals surface area contributed by atoms with Crippen LogP contribution in [0.1, 0.15) is 13.3 Å². The molecule has 0 fully saturated rings. The highest BCUT2D eigenvalue weighted by Gasteiger charge is 2.11. The second-order valence-electron chi connectivity index (χ2n) is 2.72. The average molecular weight is 138 g/mol. The summed E-state index contributed by atoms with van der Waals surface area (Å²) < 4.78 is 0. The Morgan fingerprint density at radius 3 is 2.80 bits per heavy atom. The maximum Gasteiger partial charge on any atom is 0.0318 e. The number of rotatable bonds is 1. The minimum absolute atomic E-state index is 0.537. The number of hydrogen-bond donors (Lipinski definition) is 2. The van der Waals surface area contributed by atoms with E-state index in [4.69, 9.17) is 11.5 Å². The minimum atomic E-state index is 0.537.